The maximum absolute atomic E-state index is 13.6. The van der Waals surface area contributed by atoms with Crippen LogP contribution < -0.4 is 11.1 Å². The number of hydrogen-bond donors (Lipinski definition) is 5. The van der Waals surface area contributed by atoms with E-state index in [2.05, 4.69) is 10.4 Å². The van der Waals surface area contributed by atoms with E-state index in [4.69, 9.17) is 11.3 Å². The first kappa shape index (κ1) is 23.1. The van der Waals surface area contributed by atoms with Crippen LogP contribution in [0.15, 0.2) is 65.9 Å². The van der Waals surface area contributed by atoms with Crippen molar-refractivity contribution < 1.29 is 28.6 Å². The van der Waals surface area contributed by atoms with Crippen LogP contribution in [-0.4, -0.2) is 22.2 Å². The average Bonchev–Trinajstić information content (AvgIpc) is 2.79. The summed E-state index contributed by atoms with van der Waals surface area (Å²) < 4.78 is 26.9. The van der Waals surface area contributed by atoms with Crippen molar-refractivity contribution in [1.82, 2.24) is 0 Å². The predicted octanol–water partition coefficient (Wildman–Crippen LogP) is 4.93. The highest BCUT2D eigenvalue weighted by Gasteiger charge is 2.16. The smallest absolute Gasteiger partial charge is 0.337 e. The third-order valence-corrected chi connectivity index (χ3v) is 4.85. The van der Waals surface area contributed by atoms with Crippen LogP contribution in [-0.2, 0) is 6.54 Å². The number of nitrogens with one attached hydrogen (secondary N) is 2. The van der Waals surface area contributed by atoms with Gasteiger partial charge in [-0.1, -0.05) is 24.3 Å². The van der Waals surface area contributed by atoms with Crippen LogP contribution in [0.1, 0.15) is 31.8 Å². The van der Waals surface area contributed by atoms with Gasteiger partial charge in [0.25, 0.3) is 0 Å². The number of nitrogens with zero attached hydrogens (tertiary/aromatic N) is 1. The maximum Gasteiger partial charge on any atom is 0.337 e. The topological polar surface area (TPSA) is 149 Å². The van der Waals surface area contributed by atoms with E-state index < -0.39 is 23.6 Å². The zero-order valence-corrected chi connectivity index (χ0v) is 17.0. The van der Waals surface area contributed by atoms with Crippen molar-refractivity contribution in [3.05, 3.63) is 94.7 Å². The summed E-state index contributed by atoms with van der Waals surface area (Å²) >= 11 is 0. The van der Waals surface area contributed by atoms with E-state index in [1.165, 1.54) is 36.4 Å². The zero-order valence-electron chi connectivity index (χ0n) is 17.0. The summed E-state index contributed by atoms with van der Waals surface area (Å²) in [6, 6.07) is 12.0. The zero-order chi connectivity index (χ0) is 24.1. The summed E-state index contributed by atoms with van der Waals surface area (Å²) in [6.07, 6.45) is 1.07. The molecular formula is C23H18F2N4O4. The second-order valence-corrected chi connectivity index (χ2v) is 6.94. The summed E-state index contributed by atoms with van der Waals surface area (Å²) in [5.74, 6) is -4.49. The molecule has 0 aliphatic rings. The molecule has 33 heavy (non-hydrogen) atoms. The van der Waals surface area contributed by atoms with E-state index >= 15 is 0 Å². The van der Waals surface area contributed by atoms with Gasteiger partial charge in [0.2, 0.25) is 0 Å². The van der Waals surface area contributed by atoms with Crippen LogP contribution in [0.3, 0.4) is 0 Å². The SMILES string of the molecule is N=N/C=C(\N)c1ccc(CNc2cc(-c3ccc(F)c(F)c3)ccc2C(=O)O)c(C(=O)O)c1. The molecule has 0 fully saturated rings. The number of halogens is 2. The number of rotatable bonds is 8. The molecule has 0 bridgehead atoms. The molecule has 0 spiro atoms. The van der Waals surface area contributed by atoms with Crippen LogP contribution in [0.2, 0.25) is 0 Å². The number of benzene rings is 3. The van der Waals surface area contributed by atoms with Crippen LogP contribution in [0.5, 0.6) is 0 Å². The summed E-state index contributed by atoms with van der Waals surface area (Å²) in [5.41, 5.74) is 14.2. The van der Waals surface area contributed by atoms with Gasteiger partial charge in [-0.3, -0.25) is 0 Å². The van der Waals surface area contributed by atoms with Crippen molar-refractivity contribution in [2.45, 2.75) is 6.54 Å². The van der Waals surface area contributed by atoms with Crippen LogP contribution >= 0.6 is 0 Å². The number of anilines is 1. The molecule has 0 heterocycles. The van der Waals surface area contributed by atoms with Crippen LogP contribution in [0.25, 0.3) is 16.8 Å². The Morgan fingerprint density at radius 3 is 2.24 bits per heavy atom. The van der Waals surface area contributed by atoms with E-state index in [0.717, 1.165) is 18.3 Å². The standard InChI is InChI=1S/C23H18F2N4O4/c24-18-6-4-12(8-19(18)25)13-3-5-16(22(30)31)21(9-13)28-10-15-2-1-14(20(26)11-29-27)7-17(15)23(32)33/h1-9,11,27-28H,10,26H2,(H,30,31)(H,32,33)/b20-11-,29-27?. The second kappa shape index (κ2) is 9.69. The minimum absolute atomic E-state index is 0.0458. The highest BCUT2D eigenvalue weighted by Crippen LogP contribution is 2.28. The molecule has 6 N–H and O–H groups in total. The fraction of sp³-hybridized carbons (Fsp3) is 0.0435. The lowest BCUT2D eigenvalue weighted by atomic mass is 10.0. The summed E-state index contributed by atoms with van der Waals surface area (Å²) in [4.78, 5) is 23.4. The summed E-state index contributed by atoms with van der Waals surface area (Å²) in [7, 11) is 0. The first-order valence-electron chi connectivity index (χ1n) is 9.46. The van der Waals surface area contributed by atoms with Crippen molar-refractivity contribution in [3.63, 3.8) is 0 Å². The third kappa shape index (κ3) is 5.18. The quantitative estimate of drug-likeness (QED) is 0.306. The molecule has 0 saturated carbocycles. The lowest BCUT2D eigenvalue weighted by Crippen LogP contribution is -2.11. The van der Waals surface area contributed by atoms with Gasteiger partial charge < -0.3 is 21.3 Å². The Morgan fingerprint density at radius 2 is 1.61 bits per heavy atom. The molecule has 0 saturated heterocycles. The molecule has 0 radical (unpaired) electrons. The van der Waals surface area contributed by atoms with Gasteiger partial charge in [-0.05, 0) is 52.6 Å². The molecular weight excluding hydrogens is 434 g/mol. The molecule has 0 atom stereocenters. The molecule has 0 aliphatic carbocycles. The Balaban J connectivity index is 1.96. The minimum Gasteiger partial charge on any atom is -0.478 e. The van der Waals surface area contributed by atoms with E-state index in [0.29, 0.717) is 22.3 Å². The number of nitrogens with two attached hydrogens (primary N) is 1. The van der Waals surface area contributed by atoms with E-state index in [1.54, 1.807) is 6.07 Å². The van der Waals surface area contributed by atoms with E-state index in [-0.39, 0.29) is 29.1 Å². The molecule has 3 aromatic rings. The van der Waals surface area contributed by atoms with Crippen molar-refractivity contribution in [1.29, 1.82) is 5.53 Å². The number of carboxylic acids is 2. The van der Waals surface area contributed by atoms with E-state index in [9.17, 15) is 28.6 Å². The lowest BCUT2D eigenvalue weighted by molar-refractivity contribution is 0.0685. The Hall–Kier alpha value is -4.60. The molecule has 0 amide bonds. The second-order valence-electron chi connectivity index (χ2n) is 6.94. The summed E-state index contributed by atoms with van der Waals surface area (Å²) in [5, 5.41) is 25.0. The predicted molar refractivity (Wildman–Crippen MR) is 117 cm³/mol. The highest BCUT2D eigenvalue weighted by molar-refractivity contribution is 5.96. The molecule has 0 unspecified atom stereocenters. The molecule has 8 nitrogen and oxygen atoms in total. The van der Waals surface area contributed by atoms with Crippen molar-refractivity contribution in [2.24, 2.45) is 10.8 Å². The monoisotopic (exact) mass is 452 g/mol. The van der Waals surface area contributed by atoms with Crippen molar-refractivity contribution >= 4 is 23.3 Å². The summed E-state index contributed by atoms with van der Waals surface area (Å²) in [6.45, 7) is -0.0458. The molecule has 10 heteroatoms. The molecule has 0 aliphatic heterocycles. The average molecular weight is 452 g/mol. The normalized spacial score (nSPS) is 11.2. The van der Waals surface area contributed by atoms with Gasteiger partial charge in [0.15, 0.2) is 11.6 Å². The van der Waals surface area contributed by atoms with Gasteiger partial charge in [-0.2, -0.15) is 5.11 Å². The molecule has 168 valence electrons. The maximum atomic E-state index is 13.6. The Labute approximate surface area is 186 Å². The van der Waals surface area contributed by atoms with Gasteiger partial charge in [0.1, 0.15) is 0 Å². The number of carbonyl (C=O) groups is 2. The van der Waals surface area contributed by atoms with Crippen LogP contribution in [0, 0.1) is 17.2 Å². The highest BCUT2D eigenvalue weighted by atomic mass is 19.2. The number of hydrogen-bond acceptors (Lipinski definition) is 6. The van der Waals surface area contributed by atoms with Gasteiger partial charge in [0, 0.05) is 12.2 Å². The van der Waals surface area contributed by atoms with Gasteiger partial charge in [0.05, 0.1) is 23.0 Å². The van der Waals surface area contributed by atoms with Gasteiger partial charge in [-0.25, -0.2) is 23.9 Å². The third-order valence-electron chi connectivity index (χ3n) is 4.85. The largest absolute Gasteiger partial charge is 0.478 e. The first-order chi connectivity index (χ1) is 15.7. The molecule has 3 rings (SSSR count). The van der Waals surface area contributed by atoms with Crippen LogP contribution in [0.4, 0.5) is 14.5 Å². The Morgan fingerprint density at radius 1 is 0.939 bits per heavy atom. The number of carboxylic acid groups (broad SMARTS) is 2. The van der Waals surface area contributed by atoms with Crippen molar-refractivity contribution in [2.75, 3.05) is 5.32 Å². The first-order valence-corrected chi connectivity index (χ1v) is 9.46. The molecule has 3 aromatic carbocycles. The van der Waals surface area contributed by atoms with E-state index in [1.807, 2.05) is 0 Å². The molecule has 0 aromatic heterocycles. The minimum atomic E-state index is -1.22. The lowest BCUT2D eigenvalue weighted by Gasteiger charge is -2.14. The Bertz CT molecular complexity index is 1290. The van der Waals surface area contributed by atoms with Gasteiger partial charge >= 0.3 is 11.9 Å². The fourth-order valence-electron chi connectivity index (χ4n) is 3.18. The Kier molecular flexibility index (Phi) is 6.77. The van der Waals surface area contributed by atoms with Gasteiger partial charge in [-0.15, -0.1) is 0 Å². The van der Waals surface area contributed by atoms with Crippen molar-refractivity contribution in [3.8, 4) is 11.1 Å². The fourth-order valence-corrected chi connectivity index (χ4v) is 3.18. The number of aromatic carboxylic acids is 2.